The number of benzene rings is 1. The number of carbonyl (C=O) groups excluding carboxylic acids is 1. The van der Waals surface area contributed by atoms with Gasteiger partial charge in [-0.25, -0.2) is 4.39 Å². The van der Waals surface area contributed by atoms with E-state index >= 15 is 0 Å². The Morgan fingerprint density at radius 2 is 2.20 bits per heavy atom. The van der Waals surface area contributed by atoms with E-state index in [9.17, 15) is 9.18 Å². The van der Waals surface area contributed by atoms with E-state index in [-0.39, 0.29) is 28.8 Å². The van der Waals surface area contributed by atoms with E-state index in [1.54, 1.807) is 0 Å². The van der Waals surface area contributed by atoms with Gasteiger partial charge in [-0.05, 0) is 24.5 Å². The zero-order chi connectivity index (χ0) is 15.1. The van der Waals surface area contributed by atoms with E-state index in [4.69, 9.17) is 22.7 Å². The Morgan fingerprint density at radius 1 is 1.50 bits per heavy atom. The van der Waals surface area contributed by atoms with Crippen LogP contribution in [0.25, 0.3) is 0 Å². The van der Waals surface area contributed by atoms with Crippen molar-refractivity contribution in [2.24, 2.45) is 11.7 Å². The van der Waals surface area contributed by atoms with Crippen LogP contribution in [0.3, 0.4) is 0 Å². The maximum atomic E-state index is 13.6. The monoisotopic (exact) mass is 298 g/mol. The first kappa shape index (κ1) is 16.4. The molecule has 0 spiro atoms. The topological polar surface area (TPSA) is 64.3 Å². The summed E-state index contributed by atoms with van der Waals surface area (Å²) in [7, 11) is 0. The second-order valence-corrected chi connectivity index (χ2v) is 5.27. The van der Waals surface area contributed by atoms with Crippen LogP contribution in [0.5, 0.6) is 5.75 Å². The van der Waals surface area contributed by atoms with Gasteiger partial charge in [0.15, 0.2) is 6.61 Å². The van der Waals surface area contributed by atoms with E-state index in [0.717, 1.165) is 12.5 Å². The van der Waals surface area contributed by atoms with Gasteiger partial charge in [0.1, 0.15) is 16.6 Å². The van der Waals surface area contributed by atoms with Gasteiger partial charge in [0.2, 0.25) is 0 Å². The van der Waals surface area contributed by atoms with Gasteiger partial charge < -0.3 is 15.8 Å². The molecular weight excluding hydrogens is 279 g/mol. The highest BCUT2D eigenvalue weighted by Crippen LogP contribution is 2.16. The van der Waals surface area contributed by atoms with Crippen LogP contribution in [0.15, 0.2) is 18.2 Å². The number of carbonyl (C=O) groups is 1. The average Bonchev–Trinajstić information content (AvgIpc) is 2.35. The van der Waals surface area contributed by atoms with E-state index < -0.39 is 5.82 Å². The highest BCUT2D eigenvalue weighted by molar-refractivity contribution is 7.80. The molecule has 0 atom stereocenters. The highest BCUT2D eigenvalue weighted by Gasteiger charge is 2.08. The van der Waals surface area contributed by atoms with Crippen molar-refractivity contribution in [3.8, 4) is 5.75 Å². The van der Waals surface area contributed by atoms with Crippen molar-refractivity contribution in [3.05, 3.63) is 29.6 Å². The largest absolute Gasteiger partial charge is 0.484 e. The average molecular weight is 298 g/mol. The summed E-state index contributed by atoms with van der Waals surface area (Å²) in [5, 5.41) is 2.73. The predicted molar refractivity (Wildman–Crippen MR) is 80.2 cm³/mol. The Morgan fingerprint density at radius 3 is 2.75 bits per heavy atom. The smallest absolute Gasteiger partial charge is 0.257 e. The van der Waals surface area contributed by atoms with Gasteiger partial charge in [0.25, 0.3) is 5.91 Å². The second kappa shape index (κ2) is 7.79. The lowest BCUT2D eigenvalue weighted by atomic mass is 10.1. The fourth-order valence-electron chi connectivity index (χ4n) is 1.49. The first-order chi connectivity index (χ1) is 9.40. The van der Waals surface area contributed by atoms with Crippen molar-refractivity contribution < 1.29 is 13.9 Å². The minimum absolute atomic E-state index is 0.0134. The van der Waals surface area contributed by atoms with Crippen LogP contribution in [-0.4, -0.2) is 24.0 Å². The molecule has 0 saturated carbocycles. The van der Waals surface area contributed by atoms with E-state index in [1.165, 1.54) is 12.1 Å². The fraction of sp³-hybridized carbons (Fsp3) is 0.429. The molecule has 110 valence electrons. The van der Waals surface area contributed by atoms with Crippen molar-refractivity contribution in [2.45, 2.75) is 20.3 Å². The van der Waals surface area contributed by atoms with Gasteiger partial charge in [0, 0.05) is 18.2 Å². The predicted octanol–water partition coefficient (Wildman–Crippen LogP) is 2.00. The molecule has 20 heavy (non-hydrogen) atoms. The Balaban J connectivity index is 2.44. The summed E-state index contributed by atoms with van der Waals surface area (Å²) < 4.78 is 18.8. The third-order valence-corrected chi connectivity index (χ3v) is 2.84. The molecule has 1 aromatic rings. The Hall–Kier alpha value is -1.69. The molecule has 0 bridgehead atoms. The first-order valence-corrected chi connectivity index (χ1v) is 6.80. The molecule has 1 aromatic carbocycles. The number of hydrogen-bond acceptors (Lipinski definition) is 3. The summed E-state index contributed by atoms with van der Waals surface area (Å²) in [6, 6.07) is 4.12. The molecule has 1 amide bonds. The lowest BCUT2D eigenvalue weighted by Crippen LogP contribution is -2.30. The Labute approximate surface area is 123 Å². The SMILES string of the molecule is CC(C)CCNC(=O)COc1ccc(C(N)=S)c(F)c1. The molecule has 0 aliphatic heterocycles. The number of rotatable bonds is 7. The summed E-state index contributed by atoms with van der Waals surface area (Å²) in [5.74, 6) is -0.000772. The molecule has 1 rings (SSSR count). The third kappa shape index (κ3) is 5.52. The third-order valence-electron chi connectivity index (χ3n) is 2.62. The van der Waals surface area contributed by atoms with Gasteiger partial charge in [-0.15, -0.1) is 0 Å². The van der Waals surface area contributed by atoms with Crippen molar-refractivity contribution >= 4 is 23.1 Å². The normalized spacial score (nSPS) is 10.4. The number of nitrogens with two attached hydrogens (primary N) is 1. The minimum Gasteiger partial charge on any atom is -0.484 e. The van der Waals surface area contributed by atoms with Crippen molar-refractivity contribution in [3.63, 3.8) is 0 Å². The summed E-state index contributed by atoms with van der Waals surface area (Å²) in [4.78, 5) is 11.5. The molecule has 0 fully saturated rings. The molecule has 0 aromatic heterocycles. The quantitative estimate of drug-likeness (QED) is 0.756. The molecule has 0 saturated heterocycles. The maximum absolute atomic E-state index is 13.6. The summed E-state index contributed by atoms with van der Waals surface area (Å²) >= 11 is 4.70. The van der Waals surface area contributed by atoms with Crippen LogP contribution in [-0.2, 0) is 4.79 Å². The Kier molecular flexibility index (Phi) is 6.38. The minimum atomic E-state index is -0.560. The van der Waals surface area contributed by atoms with Gasteiger partial charge >= 0.3 is 0 Å². The lowest BCUT2D eigenvalue weighted by Gasteiger charge is -2.09. The number of thiocarbonyl (C=S) groups is 1. The van der Waals surface area contributed by atoms with Crippen molar-refractivity contribution in [1.82, 2.24) is 5.32 Å². The van der Waals surface area contributed by atoms with E-state index in [0.29, 0.717) is 12.5 Å². The summed E-state index contributed by atoms with van der Waals surface area (Å²) in [6.45, 7) is 4.61. The maximum Gasteiger partial charge on any atom is 0.257 e. The molecule has 3 N–H and O–H groups in total. The summed E-state index contributed by atoms with van der Waals surface area (Å²) in [6.07, 6.45) is 0.906. The Bertz CT molecular complexity index is 492. The number of nitrogens with one attached hydrogen (secondary N) is 1. The van der Waals surface area contributed by atoms with Crippen molar-refractivity contribution in [2.75, 3.05) is 13.2 Å². The number of halogens is 1. The van der Waals surface area contributed by atoms with Gasteiger partial charge in [-0.1, -0.05) is 26.1 Å². The first-order valence-electron chi connectivity index (χ1n) is 6.39. The molecule has 0 aliphatic rings. The number of hydrogen-bond donors (Lipinski definition) is 2. The second-order valence-electron chi connectivity index (χ2n) is 4.83. The van der Waals surface area contributed by atoms with Crippen LogP contribution >= 0.6 is 12.2 Å². The zero-order valence-corrected chi connectivity index (χ0v) is 12.4. The van der Waals surface area contributed by atoms with E-state index in [2.05, 4.69) is 19.2 Å². The van der Waals surface area contributed by atoms with Crippen molar-refractivity contribution in [1.29, 1.82) is 0 Å². The standard InChI is InChI=1S/C14H19FN2O2S/c1-9(2)5-6-17-13(18)8-19-10-3-4-11(14(16)20)12(15)7-10/h3-4,7,9H,5-6,8H2,1-2H3,(H2,16,20)(H,17,18). The molecule has 0 heterocycles. The van der Waals surface area contributed by atoms with Gasteiger partial charge in [-0.2, -0.15) is 0 Å². The van der Waals surface area contributed by atoms with Crippen LogP contribution < -0.4 is 15.8 Å². The van der Waals surface area contributed by atoms with Gasteiger partial charge in [0.05, 0.1) is 0 Å². The molecule has 0 radical (unpaired) electrons. The van der Waals surface area contributed by atoms with E-state index in [1.807, 2.05) is 0 Å². The molecule has 0 aliphatic carbocycles. The molecule has 0 unspecified atom stereocenters. The number of amides is 1. The highest BCUT2D eigenvalue weighted by atomic mass is 32.1. The lowest BCUT2D eigenvalue weighted by molar-refractivity contribution is -0.123. The summed E-state index contributed by atoms with van der Waals surface area (Å²) in [5.41, 5.74) is 5.51. The van der Waals surface area contributed by atoms with Crippen LogP contribution in [0.1, 0.15) is 25.8 Å². The molecular formula is C14H19FN2O2S. The molecule has 4 nitrogen and oxygen atoms in total. The van der Waals surface area contributed by atoms with Crippen LogP contribution in [0.4, 0.5) is 4.39 Å². The fourth-order valence-corrected chi connectivity index (χ4v) is 1.65. The molecule has 6 heteroatoms. The van der Waals surface area contributed by atoms with Crippen LogP contribution in [0.2, 0.25) is 0 Å². The van der Waals surface area contributed by atoms with Crippen LogP contribution in [0, 0.1) is 11.7 Å². The number of ether oxygens (including phenoxy) is 1. The zero-order valence-electron chi connectivity index (χ0n) is 11.6. The van der Waals surface area contributed by atoms with Gasteiger partial charge in [-0.3, -0.25) is 4.79 Å².